The number of ether oxygens (including phenoxy) is 1. The number of hydrogen-bond acceptors (Lipinski definition) is 5. The summed E-state index contributed by atoms with van der Waals surface area (Å²) in [6, 6.07) is 15.0. The largest absolute Gasteiger partial charge is 0.451 e. The van der Waals surface area contributed by atoms with E-state index in [9.17, 15) is 19.2 Å². The van der Waals surface area contributed by atoms with Crippen LogP contribution in [0.25, 0.3) is 0 Å². The van der Waals surface area contributed by atoms with Crippen LogP contribution in [0.15, 0.2) is 59.1 Å². The number of carbonyl (C=O) groups is 4. The van der Waals surface area contributed by atoms with Crippen LogP contribution in [0.1, 0.15) is 22.8 Å². The van der Waals surface area contributed by atoms with Gasteiger partial charge in [-0.25, -0.2) is 4.79 Å². The van der Waals surface area contributed by atoms with E-state index >= 15 is 0 Å². The Morgan fingerprint density at radius 3 is 2.28 bits per heavy atom. The first-order valence-electron chi connectivity index (χ1n) is 8.71. The van der Waals surface area contributed by atoms with E-state index in [1.165, 1.54) is 6.92 Å². The van der Waals surface area contributed by atoms with E-state index in [1.54, 1.807) is 24.3 Å². The van der Waals surface area contributed by atoms with Gasteiger partial charge >= 0.3 is 12.0 Å². The second-order valence-electron chi connectivity index (χ2n) is 5.98. The molecule has 9 heteroatoms. The SMILES string of the molecule is CC(OC(=O)CNC(=O)c1ccc(Br)cc1)C(=O)NC(=O)NCc1ccccc1. The lowest BCUT2D eigenvalue weighted by atomic mass is 10.2. The molecule has 8 nitrogen and oxygen atoms in total. The lowest BCUT2D eigenvalue weighted by Crippen LogP contribution is -2.45. The van der Waals surface area contributed by atoms with Crippen molar-refractivity contribution >= 4 is 39.7 Å². The van der Waals surface area contributed by atoms with Crippen molar-refractivity contribution in [3.8, 4) is 0 Å². The molecule has 0 saturated carbocycles. The first kappa shape index (κ1) is 22.1. The molecular weight excluding hydrogens is 442 g/mol. The second-order valence-corrected chi connectivity index (χ2v) is 6.89. The molecule has 1 atom stereocenters. The maximum atomic E-state index is 12.0. The Morgan fingerprint density at radius 2 is 1.62 bits per heavy atom. The Bertz CT molecular complexity index is 871. The Hall–Kier alpha value is -3.20. The minimum atomic E-state index is -1.20. The number of halogens is 1. The highest BCUT2D eigenvalue weighted by atomic mass is 79.9. The molecule has 0 bridgehead atoms. The third-order valence-corrected chi connectivity index (χ3v) is 4.24. The smallest absolute Gasteiger partial charge is 0.326 e. The first-order valence-corrected chi connectivity index (χ1v) is 9.50. The van der Waals surface area contributed by atoms with Crippen molar-refractivity contribution in [3.63, 3.8) is 0 Å². The zero-order chi connectivity index (χ0) is 21.2. The molecule has 0 saturated heterocycles. The predicted molar refractivity (Wildman–Crippen MR) is 109 cm³/mol. The van der Waals surface area contributed by atoms with Crippen molar-refractivity contribution < 1.29 is 23.9 Å². The lowest BCUT2D eigenvalue weighted by Gasteiger charge is -2.13. The molecule has 2 rings (SSSR count). The van der Waals surface area contributed by atoms with Crippen molar-refractivity contribution in [1.29, 1.82) is 0 Å². The summed E-state index contributed by atoms with van der Waals surface area (Å²) in [7, 11) is 0. The highest BCUT2D eigenvalue weighted by Gasteiger charge is 2.20. The molecule has 3 N–H and O–H groups in total. The monoisotopic (exact) mass is 461 g/mol. The van der Waals surface area contributed by atoms with Crippen LogP contribution in [0.5, 0.6) is 0 Å². The molecule has 4 amide bonds. The summed E-state index contributed by atoms with van der Waals surface area (Å²) in [5.74, 6) is -2.03. The Labute approximate surface area is 176 Å². The van der Waals surface area contributed by atoms with E-state index in [-0.39, 0.29) is 6.54 Å². The third kappa shape index (κ3) is 7.74. The van der Waals surface area contributed by atoms with Gasteiger partial charge in [0.2, 0.25) is 0 Å². The van der Waals surface area contributed by atoms with E-state index in [1.807, 2.05) is 30.3 Å². The van der Waals surface area contributed by atoms with Gasteiger partial charge in [0.15, 0.2) is 6.10 Å². The summed E-state index contributed by atoms with van der Waals surface area (Å²) >= 11 is 3.26. The summed E-state index contributed by atoms with van der Waals surface area (Å²) in [4.78, 5) is 47.5. The summed E-state index contributed by atoms with van der Waals surface area (Å²) < 4.78 is 5.75. The molecule has 0 aromatic heterocycles. The van der Waals surface area contributed by atoms with Crippen LogP contribution in [-0.2, 0) is 20.9 Å². The first-order chi connectivity index (χ1) is 13.8. The number of imide groups is 1. The average Bonchev–Trinajstić information content (AvgIpc) is 2.71. The number of nitrogens with one attached hydrogen (secondary N) is 3. The van der Waals surface area contributed by atoms with E-state index in [0.29, 0.717) is 5.56 Å². The van der Waals surface area contributed by atoms with Crippen molar-refractivity contribution in [2.24, 2.45) is 0 Å². The van der Waals surface area contributed by atoms with E-state index in [2.05, 4.69) is 31.9 Å². The van der Waals surface area contributed by atoms with Gasteiger partial charge in [-0.1, -0.05) is 46.3 Å². The fraction of sp³-hybridized carbons (Fsp3) is 0.200. The fourth-order valence-electron chi connectivity index (χ4n) is 2.18. The van der Waals surface area contributed by atoms with Gasteiger partial charge in [-0.05, 0) is 36.8 Å². The maximum Gasteiger partial charge on any atom is 0.326 e. The van der Waals surface area contributed by atoms with Crippen LogP contribution in [0.4, 0.5) is 4.79 Å². The Balaban J connectivity index is 1.70. The number of carbonyl (C=O) groups excluding carboxylic acids is 4. The molecule has 0 aliphatic carbocycles. The number of amides is 4. The van der Waals surface area contributed by atoms with E-state index in [4.69, 9.17) is 4.74 Å². The van der Waals surface area contributed by atoms with Crippen LogP contribution in [0, 0.1) is 0 Å². The molecule has 0 heterocycles. The predicted octanol–water partition coefficient (Wildman–Crippen LogP) is 2.14. The zero-order valence-electron chi connectivity index (χ0n) is 15.6. The normalized spacial score (nSPS) is 11.1. The topological polar surface area (TPSA) is 114 Å². The van der Waals surface area contributed by atoms with Crippen LogP contribution < -0.4 is 16.0 Å². The molecule has 152 valence electrons. The number of rotatable bonds is 7. The van der Waals surface area contributed by atoms with Gasteiger partial charge in [-0.15, -0.1) is 0 Å². The highest BCUT2D eigenvalue weighted by Crippen LogP contribution is 2.10. The van der Waals surface area contributed by atoms with Gasteiger partial charge < -0.3 is 15.4 Å². The molecule has 0 aliphatic heterocycles. The summed E-state index contributed by atoms with van der Waals surface area (Å²) in [5.41, 5.74) is 1.25. The summed E-state index contributed by atoms with van der Waals surface area (Å²) in [6.45, 7) is 1.16. The van der Waals surface area contributed by atoms with Crippen LogP contribution in [0.3, 0.4) is 0 Å². The number of urea groups is 1. The van der Waals surface area contributed by atoms with Gasteiger partial charge in [0.1, 0.15) is 6.54 Å². The molecule has 0 fully saturated rings. The van der Waals surface area contributed by atoms with Crippen molar-refractivity contribution in [1.82, 2.24) is 16.0 Å². The lowest BCUT2D eigenvalue weighted by molar-refractivity contribution is -0.153. The molecule has 1 unspecified atom stereocenters. The van der Waals surface area contributed by atoms with Gasteiger partial charge in [-0.3, -0.25) is 19.7 Å². The average molecular weight is 462 g/mol. The molecule has 29 heavy (non-hydrogen) atoms. The molecule has 0 radical (unpaired) electrons. The van der Waals surface area contributed by atoms with Gasteiger partial charge in [0.25, 0.3) is 11.8 Å². The van der Waals surface area contributed by atoms with Crippen molar-refractivity contribution in [3.05, 3.63) is 70.2 Å². The number of esters is 1. The number of hydrogen-bond donors (Lipinski definition) is 3. The molecule has 0 spiro atoms. The summed E-state index contributed by atoms with van der Waals surface area (Å²) in [5, 5.41) is 7.02. The molecule has 2 aromatic carbocycles. The standard InChI is InChI=1S/C20H20BrN3O5/c1-13(18(26)24-20(28)23-11-14-5-3-2-4-6-14)29-17(25)12-22-19(27)15-7-9-16(21)10-8-15/h2-10,13H,11-12H2,1H3,(H,22,27)(H2,23,24,26,28). The van der Waals surface area contributed by atoms with Crippen LogP contribution in [-0.4, -0.2) is 36.5 Å². The van der Waals surface area contributed by atoms with E-state index < -0.39 is 36.5 Å². The van der Waals surface area contributed by atoms with Crippen molar-refractivity contribution in [2.45, 2.75) is 19.6 Å². The molecule has 0 aliphatic rings. The quantitative estimate of drug-likeness (QED) is 0.546. The Morgan fingerprint density at radius 1 is 0.966 bits per heavy atom. The van der Waals surface area contributed by atoms with Crippen LogP contribution in [0.2, 0.25) is 0 Å². The van der Waals surface area contributed by atoms with Gasteiger partial charge in [0, 0.05) is 16.6 Å². The summed E-state index contributed by atoms with van der Waals surface area (Å²) in [6.07, 6.45) is -1.20. The van der Waals surface area contributed by atoms with Gasteiger partial charge in [-0.2, -0.15) is 0 Å². The minimum absolute atomic E-state index is 0.246. The highest BCUT2D eigenvalue weighted by molar-refractivity contribution is 9.10. The van der Waals surface area contributed by atoms with Crippen molar-refractivity contribution in [2.75, 3.05) is 6.54 Å². The minimum Gasteiger partial charge on any atom is -0.451 e. The number of benzene rings is 2. The second kappa shape index (κ2) is 11.0. The fourth-order valence-corrected chi connectivity index (χ4v) is 2.45. The van der Waals surface area contributed by atoms with E-state index in [0.717, 1.165) is 10.0 Å². The zero-order valence-corrected chi connectivity index (χ0v) is 17.2. The maximum absolute atomic E-state index is 12.0. The van der Waals surface area contributed by atoms with Crippen LogP contribution >= 0.6 is 15.9 Å². The Kier molecular flexibility index (Phi) is 8.35. The molecule has 2 aromatic rings. The van der Waals surface area contributed by atoms with Gasteiger partial charge in [0.05, 0.1) is 0 Å². The third-order valence-electron chi connectivity index (χ3n) is 3.71. The molecular formula is C20H20BrN3O5.